The number of hydrogen-bond acceptors (Lipinski definition) is 5. The Morgan fingerprint density at radius 2 is 2.30 bits per heavy atom. The Labute approximate surface area is 122 Å². The van der Waals surface area contributed by atoms with E-state index in [1.54, 1.807) is 12.3 Å². The van der Waals surface area contributed by atoms with Crippen molar-refractivity contribution in [2.24, 2.45) is 5.92 Å². The summed E-state index contributed by atoms with van der Waals surface area (Å²) in [6.45, 7) is 7.34. The van der Waals surface area contributed by atoms with Crippen molar-refractivity contribution in [3.63, 3.8) is 0 Å². The summed E-state index contributed by atoms with van der Waals surface area (Å²) in [6, 6.07) is 3.63. The molecule has 0 bridgehead atoms. The van der Waals surface area contributed by atoms with Crippen molar-refractivity contribution in [1.29, 1.82) is 0 Å². The molecule has 0 aliphatic rings. The van der Waals surface area contributed by atoms with Crippen molar-refractivity contribution in [3.05, 3.63) is 34.7 Å². The molecule has 0 fully saturated rings. The van der Waals surface area contributed by atoms with E-state index in [1.165, 1.54) is 11.3 Å². The number of anilines is 1. The maximum atomic E-state index is 12.1. The van der Waals surface area contributed by atoms with E-state index >= 15 is 0 Å². The first-order chi connectivity index (χ1) is 9.56. The Hall–Kier alpha value is -1.82. The van der Waals surface area contributed by atoms with Crippen molar-refractivity contribution in [2.45, 2.75) is 27.3 Å². The first kappa shape index (κ1) is 14.6. The molecule has 0 atom stereocenters. The molecule has 20 heavy (non-hydrogen) atoms. The van der Waals surface area contributed by atoms with Crippen LogP contribution >= 0.6 is 11.3 Å². The lowest BCUT2D eigenvalue weighted by Gasteiger charge is -2.04. The van der Waals surface area contributed by atoms with E-state index in [4.69, 9.17) is 4.42 Å². The zero-order valence-corrected chi connectivity index (χ0v) is 12.7. The van der Waals surface area contributed by atoms with Gasteiger partial charge in [0, 0.05) is 6.54 Å². The van der Waals surface area contributed by atoms with Gasteiger partial charge in [-0.25, -0.2) is 4.98 Å². The normalized spacial score (nSPS) is 10.8. The highest BCUT2D eigenvalue weighted by Crippen LogP contribution is 2.22. The van der Waals surface area contributed by atoms with Gasteiger partial charge in [-0.15, -0.1) is 0 Å². The van der Waals surface area contributed by atoms with E-state index in [0.29, 0.717) is 17.3 Å². The molecule has 5 nitrogen and oxygen atoms in total. The molecule has 0 aliphatic heterocycles. The zero-order chi connectivity index (χ0) is 14.5. The topological polar surface area (TPSA) is 67.2 Å². The minimum Gasteiger partial charge on any atom is -0.467 e. The second-order valence-electron chi connectivity index (χ2n) is 4.97. The largest absolute Gasteiger partial charge is 0.467 e. The van der Waals surface area contributed by atoms with Gasteiger partial charge >= 0.3 is 0 Å². The molecule has 0 radical (unpaired) electrons. The van der Waals surface area contributed by atoms with Gasteiger partial charge < -0.3 is 15.1 Å². The standard InChI is InChI=1S/C14H19N3O2S/c1-9(2)7-16-14-17-10(3)12(20-14)13(18)15-8-11-5-4-6-19-11/h4-6,9H,7-8H2,1-3H3,(H,15,18)(H,16,17). The summed E-state index contributed by atoms with van der Waals surface area (Å²) in [5, 5.41) is 6.86. The van der Waals surface area contributed by atoms with Crippen molar-refractivity contribution < 1.29 is 9.21 Å². The van der Waals surface area contributed by atoms with E-state index in [1.807, 2.05) is 13.0 Å². The van der Waals surface area contributed by atoms with Crippen molar-refractivity contribution in [1.82, 2.24) is 10.3 Å². The first-order valence-corrected chi connectivity index (χ1v) is 7.39. The van der Waals surface area contributed by atoms with Gasteiger partial charge in [-0.05, 0) is 25.0 Å². The van der Waals surface area contributed by atoms with E-state index in [-0.39, 0.29) is 5.91 Å². The molecule has 1 amide bonds. The maximum Gasteiger partial charge on any atom is 0.263 e. The van der Waals surface area contributed by atoms with Crippen LogP contribution < -0.4 is 10.6 Å². The van der Waals surface area contributed by atoms with Crippen LogP contribution in [0.15, 0.2) is 22.8 Å². The smallest absolute Gasteiger partial charge is 0.263 e. The number of carbonyl (C=O) groups is 1. The van der Waals surface area contributed by atoms with Crippen LogP contribution in [-0.2, 0) is 6.54 Å². The van der Waals surface area contributed by atoms with Crippen molar-refractivity contribution in [2.75, 3.05) is 11.9 Å². The lowest BCUT2D eigenvalue weighted by Crippen LogP contribution is -2.22. The second-order valence-corrected chi connectivity index (χ2v) is 5.97. The molecule has 108 valence electrons. The van der Waals surface area contributed by atoms with Gasteiger partial charge in [0.1, 0.15) is 10.6 Å². The highest BCUT2D eigenvalue weighted by atomic mass is 32.1. The SMILES string of the molecule is Cc1nc(NCC(C)C)sc1C(=O)NCc1ccco1. The summed E-state index contributed by atoms with van der Waals surface area (Å²) >= 11 is 1.38. The van der Waals surface area contributed by atoms with Gasteiger partial charge in [-0.2, -0.15) is 0 Å². The molecule has 2 heterocycles. The molecule has 2 N–H and O–H groups in total. The Kier molecular flexibility index (Phi) is 4.79. The van der Waals surface area contributed by atoms with Crippen LogP contribution in [0.3, 0.4) is 0 Å². The fraction of sp³-hybridized carbons (Fsp3) is 0.429. The zero-order valence-electron chi connectivity index (χ0n) is 11.9. The van der Waals surface area contributed by atoms with E-state index in [9.17, 15) is 4.79 Å². The summed E-state index contributed by atoms with van der Waals surface area (Å²) in [5.74, 6) is 1.16. The van der Waals surface area contributed by atoms with Gasteiger partial charge in [-0.1, -0.05) is 25.2 Å². The predicted octanol–water partition coefficient (Wildman–Crippen LogP) is 3.04. The molecule has 0 aromatic carbocycles. The number of nitrogens with zero attached hydrogens (tertiary/aromatic N) is 1. The highest BCUT2D eigenvalue weighted by Gasteiger charge is 2.15. The number of aromatic nitrogens is 1. The third-order valence-electron chi connectivity index (χ3n) is 2.67. The number of aryl methyl sites for hydroxylation is 1. The molecule has 0 aliphatic carbocycles. The quantitative estimate of drug-likeness (QED) is 0.859. The van der Waals surface area contributed by atoms with Crippen LogP contribution in [0.4, 0.5) is 5.13 Å². The van der Waals surface area contributed by atoms with E-state index in [0.717, 1.165) is 23.1 Å². The van der Waals surface area contributed by atoms with Gasteiger partial charge in [0.25, 0.3) is 5.91 Å². The third-order valence-corrected chi connectivity index (χ3v) is 3.78. The number of hydrogen-bond donors (Lipinski definition) is 2. The monoisotopic (exact) mass is 293 g/mol. The Morgan fingerprint density at radius 1 is 1.50 bits per heavy atom. The summed E-state index contributed by atoms with van der Waals surface area (Å²) in [5.41, 5.74) is 0.748. The fourth-order valence-corrected chi connectivity index (χ4v) is 2.52. The van der Waals surface area contributed by atoms with E-state index < -0.39 is 0 Å². The van der Waals surface area contributed by atoms with Crippen LogP contribution in [0.5, 0.6) is 0 Å². The molecule has 6 heteroatoms. The third kappa shape index (κ3) is 3.84. The lowest BCUT2D eigenvalue weighted by molar-refractivity contribution is 0.0951. The number of furan rings is 1. The van der Waals surface area contributed by atoms with Gasteiger partial charge in [0.2, 0.25) is 0 Å². The van der Waals surface area contributed by atoms with Gasteiger partial charge in [0.05, 0.1) is 18.5 Å². The van der Waals surface area contributed by atoms with Gasteiger partial charge in [-0.3, -0.25) is 4.79 Å². The Balaban J connectivity index is 1.95. The lowest BCUT2D eigenvalue weighted by atomic mass is 10.2. The molecule has 2 aromatic rings. The summed E-state index contributed by atoms with van der Waals surface area (Å²) < 4.78 is 5.18. The average Bonchev–Trinajstić information content (AvgIpc) is 3.03. The number of thiazole rings is 1. The minimum atomic E-state index is -0.117. The van der Waals surface area contributed by atoms with Crippen LogP contribution in [0, 0.1) is 12.8 Å². The fourth-order valence-electron chi connectivity index (χ4n) is 1.63. The number of rotatable bonds is 6. The van der Waals surface area contributed by atoms with Crippen LogP contribution in [0.2, 0.25) is 0 Å². The highest BCUT2D eigenvalue weighted by molar-refractivity contribution is 7.17. The second kappa shape index (κ2) is 6.56. The van der Waals surface area contributed by atoms with Crippen molar-refractivity contribution in [3.8, 4) is 0 Å². The molecule has 0 spiro atoms. The molecule has 0 unspecified atom stereocenters. The Morgan fingerprint density at radius 3 is 2.95 bits per heavy atom. The summed E-state index contributed by atoms with van der Waals surface area (Å²) in [6.07, 6.45) is 1.59. The maximum absolute atomic E-state index is 12.1. The van der Waals surface area contributed by atoms with E-state index in [2.05, 4.69) is 29.5 Å². The minimum absolute atomic E-state index is 0.117. The molecule has 2 rings (SSSR count). The molecule has 0 saturated carbocycles. The van der Waals surface area contributed by atoms with Gasteiger partial charge in [0.15, 0.2) is 5.13 Å². The molecular weight excluding hydrogens is 274 g/mol. The summed E-state index contributed by atoms with van der Waals surface area (Å²) in [4.78, 5) is 17.1. The molecule has 0 saturated heterocycles. The Bertz CT molecular complexity index is 561. The predicted molar refractivity (Wildman–Crippen MR) is 80.1 cm³/mol. The number of carbonyl (C=O) groups excluding carboxylic acids is 1. The van der Waals surface area contributed by atoms with Crippen LogP contribution in [-0.4, -0.2) is 17.4 Å². The number of amides is 1. The number of nitrogens with one attached hydrogen (secondary N) is 2. The van der Waals surface area contributed by atoms with Crippen LogP contribution in [0.25, 0.3) is 0 Å². The average molecular weight is 293 g/mol. The molecule has 2 aromatic heterocycles. The van der Waals surface area contributed by atoms with Crippen LogP contribution in [0.1, 0.15) is 35.0 Å². The first-order valence-electron chi connectivity index (χ1n) is 6.58. The molecular formula is C14H19N3O2S. The summed E-state index contributed by atoms with van der Waals surface area (Å²) in [7, 11) is 0. The van der Waals surface area contributed by atoms with Crippen molar-refractivity contribution >= 4 is 22.4 Å².